The van der Waals surface area contributed by atoms with E-state index in [1.807, 2.05) is 37.3 Å². The number of carbonyl (C=O) groups excluding carboxylic acids is 2. The summed E-state index contributed by atoms with van der Waals surface area (Å²) in [6, 6.07) is 12.8. The van der Waals surface area contributed by atoms with E-state index >= 15 is 0 Å². The van der Waals surface area contributed by atoms with Gasteiger partial charge in [-0.3, -0.25) is 4.79 Å². The summed E-state index contributed by atoms with van der Waals surface area (Å²) in [4.78, 5) is 27.9. The summed E-state index contributed by atoms with van der Waals surface area (Å²) < 4.78 is 6.71. The number of nitrogens with zero attached hydrogens (tertiary/aromatic N) is 2. The Balaban J connectivity index is 1.59. The average Bonchev–Trinajstić information content (AvgIpc) is 2.97. The molecule has 0 unspecified atom stereocenters. The van der Waals surface area contributed by atoms with Crippen LogP contribution < -0.4 is 5.32 Å². The zero-order chi connectivity index (χ0) is 16.2. The van der Waals surface area contributed by atoms with Gasteiger partial charge < -0.3 is 14.5 Å². The second-order valence-electron chi connectivity index (χ2n) is 5.09. The number of hydrogen-bond donors (Lipinski definition) is 1. The highest BCUT2D eigenvalue weighted by Gasteiger charge is 2.14. The number of pyridine rings is 1. The van der Waals surface area contributed by atoms with Crippen molar-refractivity contribution in [3.8, 4) is 0 Å². The molecule has 0 fully saturated rings. The van der Waals surface area contributed by atoms with Crippen molar-refractivity contribution < 1.29 is 14.3 Å². The van der Waals surface area contributed by atoms with Gasteiger partial charge in [0.2, 0.25) is 0 Å². The maximum absolute atomic E-state index is 11.9. The predicted octanol–water partition coefficient (Wildman–Crippen LogP) is 2.44. The quantitative estimate of drug-likeness (QED) is 0.751. The number of rotatable bonds is 4. The monoisotopic (exact) mass is 309 g/mol. The minimum atomic E-state index is -0.631. The lowest BCUT2D eigenvalue weighted by atomic mass is 10.2. The number of amides is 1. The van der Waals surface area contributed by atoms with Crippen LogP contribution in [0.15, 0.2) is 54.9 Å². The van der Waals surface area contributed by atoms with Crippen molar-refractivity contribution in [1.82, 2.24) is 9.38 Å². The van der Waals surface area contributed by atoms with E-state index in [0.29, 0.717) is 11.3 Å². The van der Waals surface area contributed by atoms with Crippen molar-refractivity contribution in [2.24, 2.45) is 0 Å². The molecule has 0 atom stereocenters. The maximum atomic E-state index is 11.9. The molecule has 3 rings (SSSR count). The molecule has 0 bridgehead atoms. The largest absolute Gasteiger partial charge is 0.451 e. The summed E-state index contributed by atoms with van der Waals surface area (Å²) in [6.45, 7) is 1.57. The van der Waals surface area contributed by atoms with Gasteiger partial charge in [0.25, 0.3) is 5.91 Å². The van der Waals surface area contributed by atoms with Crippen molar-refractivity contribution in [3.63, 3.8) is 0 Å². The van der Waals surface area contributed by atoms with Crippen LogP contribution in [0.1, 0.15) is 16.1 Å². The van der Waals surface area contributed by atoms with Gasteiger partial charge in [0.15, 0.2) is 12.3 Å². The standard InChI is InChI=1S/C17H15N3O3/c1-12-5-4-6-13(9-12)18-16(21)11-23-17(22)14-10-20-8-3-2-7-15(20)19-14/h2-10H,11H2,1H3,(H,18,21). The molecule has 0 saturated heterocycles. The Morgan fingerprint density at radius 2 is 2.09 bits per heavy atom. The van der Waals surface area contributed by atoms with E-state index in [9.17, 15) is 9.59 Å². The Morgan fingerprint density at radius 3 is 2.87 bits per heavy atom. The third kappa shape index (κ3) is 3.55. The molecule has 1 amide bonds. The molecule has 0 aliphatic heterocycles. The second-order valence-corrected chi connectivity index (χ2v) is 5.09. The molecule has 6 nitrogen and oxygen atoms in total. The van der Waals surface area contributed by atoms with Gasteiger partial charge >= 0.3 is 5.97 Å². The number of anilines is 1. The van der Waals surface area contributed by atoms with Crippen LogP contribution in [0.25, 0.3) is 5.65 Å². The van der Waals surface area contributed by atoms with Gasteiger partial charge in [-0.05, 0) is 36.8 Å². The highest BCUT2D eigenvalue weighted by Crippen LogP contribution is 2.10. The molecule has 2 heterocycles. The summed E-state index contributed by atoms with van der Waals surface area (Å²) in [7, 11) is 0. The summed E-state index contributed by atoms with van der Waals surface area (Å²) in [5.41, 5.74) is 2.51. The lowest BCUT2D eigenvalue weighted by molar-refractivity contribution is -0.119. The van der Waals surface area contributed by atoms with E-state index in [4.69, 9.17) is 4.74 Å². The molecule has 0 radical (unpaired) electrons. The van der Waals surface area contributed by atoms with Gasteiger partial charge in [0.1, 0.15) is 5.65 Å². The lowest BCUT2D eigenvalue weighted by Crippen LogP contribution is -2.21. The molecule has 0 spiro atoms. The zero-order valence-electron chi connectivity index (χ0n) is 12.5. The molecule has 0 aliphatic rings. The van der Waals surface area contributed by atoms with Crippen LogP contribution in [0.5, 0.6) is 0 Å². The first kappa shape index (κ1) is 14.8. The van der Waals surface area contributed by atoms with E-state index in [1.165, 1.54) is 0 Å². The van der Waals surface area contributed by atoms with Crippen LogP contribution in [0.3, 0.4) is 0 Å². The molecule has 3 aromatic rings. The Morgan fingerprint density at radius 1 is 1.22 bits per heavy atom. The Hall–Kier alpha value is -3.15. The third-order valence-corrected chi connectivity index (χ3v) is 3.21. The molecule has 2 aromatic heterocycles. The summed E-state index contributed by atoms with van der Waals surface area (Å²) in [5.74, 6) is -1.03. The van der Waals surface area contributed by atoms with E-state index in [1.54, 1.807) is 28.9 Å². The van der Waals surface area contributed by atoms with Crippen molar-refractivity contribution in [2.75, 3.05) is 11.9 Å². The number of benzene rings is 1. The Labute approximate surface area is 132 Å². The van der Waals surface area contributed by atoms with E-state index in [-0.39, 0.29) is 12.3 Å². The molecule has 1 N–H and O–H groups in total. The SMILES string of the molecule is Cc1cccc(NC(=O)COC(=O)c2cn3ccccc3n2)c1. The second kappa shape index (κ2) is 6.31. The number of carbonyl (C=O) groups is 2. The summed E-state index contributed by atoms with van der Waals surface area (Å²) in [5, 5.41) is 2.67. The predicted molar refractivity (Wildman–Crippen MR) is 85.3 cm³/mol. The average molecular weight is 309 g/mol. The number of aryl methyl sites for hydroxylation is 1. The number of aromatic nitrogens is 2. The van der Waals surface area contributed by atoms with Gasteiger partial charge in [0, 0.05) is 18.1 Å². The number of esters is 1. The molecule has 0 aliphatic carbocycles. The van der Waals surface area contributed by atoms with Gasteiger partial charge in [-0.2, -0.15) is 0 Å². The van der Waals surface area contributed by atoms with Gasteiger partial charge in [-0.1, -0.05) is 18.2 Å². The zero-order valence-corrected chi connectivity index (χ0v) is 12.5. The number of imidazole rings is 1. The minimum Gasteiger partial charge on any atom is -0.451 e. The van der Waals surface area contributed by atoms with Crippen LogP contribution in [-0.2, 0) is 9.53 Å². The molecular weight excluding hydrogens is 294 g/mol. The van der Waals surface area contributed by atoms with Crippen molar-refractivity contribution in [2.45, 2.75) is 6.92 Å². The lowest BCUT2D eigenvalue weighted by Gasteiger charge is -2.06. The first-order chi connectivity index (χ1) is 11.1. The third-order valence-electron chi connectivity index (χ3n) is 3.21. The van der Waals surface area contributed by atoms with Gasteiger partial charge in [-0.15, -0.1) is 0 Å². The number of ether oxygens (including phenoxy) is 1. The fourth-order valence-corrected chi connectivity index (χ4v) is 2.16. The van der Waals surface area contributed by atoms with Crippen LogP contribution >= 0.6 is 0 Å². The van der Waals surface area contributed by atoms with E-state index in [0.717, 1.165) is 5.56 Å². The number of fused-ring (bicyclic) bond motifs is 1. The molecule has 23 heavy (non-hydrogen) atoms. The fourth-order valence-electron chi connectivity index (χ4n) is 2.16. The van der Waals surface area contributed by atoms with Crippen LogP contribution in [0.4, 0.5) is 5.69 Å². The van der Waals surface area contributed by atoms with Crippen molar-refractivity contribution in [3.05, 3.63) is 66.1 Å². The maximum Gasteiger partial charge on any atom is 0.359 e. The van der Waals surface area contributed by atoms with E-state index in [2.05, 4.69) is 10.3 Å². The molecular formula is C17H15N3O3. The van der Waals surface area contributed by atoms with Crippen LogP contribution in [0, 0.1) is 6.92 Å². The van der Waals surface area contributed by atoms with Crippen molar-refractivity contribution in [1.29, 1.82) is 0 Å². The molecule has 6 heteroatoms. The first-order valence-corrected chi connectivity index (χ1v) is 7.09. The number of nitrogens with one attached hydrogen (secondary N) is 1. The summed E-state index contributed by atoms with van der Waals surface area (Å²) >= 11 is 0. The highest BCUT2D eigenvalue weighted by molar-refractivity contribution is 5.95. The fraction of sp³-hybridized carbons (Fsp3) is 0.118. The summed E-state index contributed by atoms with van der Waals surface area (Å²) in [6.07, 6.45) is 3.35. The van der Waals surface area contributed by atoms with Gasteiger partial charge in [-0.25, -0.2) is 9.78 Å². The van der Waals surface area contributed by atoms with Gasteiger partial charge in [0.05, 0.1) is 0 Å². The molecule has 0 saturated carbocycles. The number of hydrogen-bond acceptors (Lipinski definition) is 4. The molecule has 1 aromatic carbocycles. The first-order valence-electron chi connectivity index (χ1n) is 7.09. The Kier molecular flexibility index (Phi) is 4.05. The minimum absolute atomic E-state index is 0.166. The smallest absolute Gasteiger partial charge is 0.359 e. The normalized spacial score (nSPS) is 10.5. The Bertz CT molecular complexity index is 837. The van der Waals surface area contributed by atoms with Crippen molar-refractivity contribution >= 4 is 23.2 Å². The highest BCUT2D eigenvalue weighted by atomic mass is 16.5. The van der Waals surface area contributed by atoms with E-state index < -0.39 is 11.9 Å². The topological polar surface area (TPSA) is 72.7 Å². The molecule has 116 valence electrons. The van der Waals surface area contributed by atoms with Crippen LogP contribution in [0.2, 0.25) is 0 Å². The van der Waals surface area contributed by atoms with Crippen LogP contribution in [-0.4, -0.2) is 27.9 Å².